The number of halogens is 2. The first-order valence-corrected chi connectivity index (χ1v) is 3.55. The monoisotopic (exact) mass is 153 g/mol. The van der Waals surface area contributed by atoms with E-state index in [1.165, 1.54) is 0 Å². The maximum absolute atomic E-state index is 5.77. The molecule has 1 N–H and O–H groups in total. The number of hydrogen-bond acceptors (Lipinski definition) is 1. The van der Waals surface area contributed by atoms with Crippen LogP contribution in [0.5, 0.6) is 0 Å². The van der Waals surface area contributed by atoms with Gasteiger partial charge in [0.05, 0.1) is 0 Å². The molecule has 0 aromatic rings. The van der Waals surface area contributed by atoms with Crippen molar-refractivity contribution in [2.75, 3.05) is 13.1 Å². The minimum atomic E-state index is -0.488. The first-order valence-electron chi connectivity index (χ1n) is 2.79. The SMILES string of the molecule is ClC1(Cl)CCCNC1. The largest absolute Gasteiger partial charge is 0.314 e. The highest BCUT2D eigenvalue weighted by atomic mass is 35.5. The molecule has 0 radical (unpaired) electrons. The van der Waals surface area contributed by atoms with Crippen molar-refractivity contribution in [3.05, 3.63) is 0 Å². The van der Waals surface area contributed by atoms with E-state index in [-0.39, 0.29) is 0 Å². The van der Waals surface area contributed by atoms with E-state index in [1.54, 1.807) is 0 Å². The molecule has 0 saturated carbocycles. The van der Waals surface area contributed by atoms with Crippen LogP contribution < -0.4 is 5.32 Å². The van der Waals surface area contributed by atoms with Crippen LogP contribution in [0.2, 0.25) is 0 Å². The van der Waals surface area contributed by atoms with E-state index in [0.717, 1.165) is 25.9 Å². The molecule has 0 spiro atoms. The average molecular weight is 154 g/mol. The van der Waals surface area contributed by atoms with Crippen molar-refractivity contribution in [3.63, 3.8) is 0 Å². The third-order valence-corrected chi connectivity index (χ3v) is 1.92. The lowest BCUT2D eigenvalue weighted by Gasteiger charge is -2.24. The Balaban J connectivity index is 2.33. The summed E-state index contributed by atoms with van der Waals surface area (Å²) in [6, 6.07) is 0. The van der Waals surface area contributed by atoms with Crippen LogP contribution in [0.25, 0.3) is 0 Å². The molecule has 0 amide bonds. The smallest absolute Gasteiger partial charge is 0.130 e. The first-order chi connectivity index (χ1) is 3.71. The molecule has 1 rings (SSSR count). The van der Waals surface area contributed by atoms with Crippen molar-refractivity contribution in [2.45, 2.75) is 17.2 Å². The Hall–Kier alpha value is 0.540. The lowest BCUT2D eigenvalue weighted by Crippen LogP contribution is -2.36. The molecule has 1 nitrogen and oxygen atoms in total. The summed E-state index contributed by atoms with van der Waals surface area (Å²) in [5, 5.41) is 3.11. The first kappa shape index (κ1) is 6.66. The molecule has 0 aromatic carbocycles. The van der Waals surface area contributed by atoms with Crippen molar-refractivity contribution < 1.29 is 0 Å². The molecule has 0 bridgehead atoms. The maximum atomic E-state index is 5.77. The number of piperidine rings is 1. The van der Waals surface area contributed by atoms with E-state index in [1.807, 2.05) is 0 Å². The molecule has 0 aliphatic carbocycles. The molecule has 0 unspecified atom stereocenters. The molecular weight excluding hydrogens is 145 g/mol. The third kappa shape index (κ3) is 1.81. The average Bonchev–Trinajstić information content (AvgIpc) is 1.65. The predicted molar refractivity (Wildman–Crippen MR) is 36.5 cm³/mol. The zero-order valence-electron chi connectivity index (χ0n) is 4.58. The minimum Gasteiger partial charge on any atom is -0.314 e. The fraction of sp³-hybridized carbons (Fsp3) is 1.00. The van der Waals surface area contributed by atoms with Crippen molar-refractivity contribution >= 4 is 23.2 Å². The van der Waals surface area contributed by atoms with Gasteiger partial charge in [-0.3, -0.25) is 0 Å². The van der Waals surface area contributed by atoms with E-state index in [4.69, 9.17) is 23.2 Å². The number of hydrogen-bond donors (Lipinski definition) is 1. The summed E-state index contributed by atoms with van der Waals surface area (Å²) in [6.45, 7) is 1.79. The molecule has 1 saturated heterocycles. The highest BCUT2D eigenvalue weighted by Crippen LogP contribution is 2.27. The van der Waals surface area contributed by atoms with Gasteiger partial charge in [-0.1, -0.05) is 0 Å². The summed E-state index contributed by atoms with van der Waals surface area (Å²) in [7, 11) is 0. The quantitative estimate of drug-likeness (QED) is 0.522. The molecule has 48 valence electrons. The molecule has 0 atom stereocenters. The second-order valence-electron chi connectivity index (χ2n) is 2.14. The molecule has 1 heterocycles. The Morgan fingerprint density at radius 2 is 2.12 bits per heavy atom. The van der Waals surface area contributed by atoms with E-state index >= 15 is 0 Å². The Morgan fingerprint density at radius 3 is 2.38 bits per heavy atom. The Labute approximate surface area is 59.3 Å². The van der Waals surface area contributed by atoms with Crippen molar-refractivity contribution in [2.24, 2.45) is 0 Å². The van der Waals surface area contributed by atoms with Crippen molar-refractivity contribution in [1.29, 1.82) is 0 Å². The molecule has 0 aromatic heterocycles. The van der Waals surface area contributed by atoms with Crippen LogP contribution >= 0.6 is 23.2 Å². The van der Waals surface area contributed by atoms with Gasteiger partial charge < -0.3 is 5.32 Å². The maximum Gasteiger partial charge on any atom is 0.130 e. The summed E-state index contributed by atoms with van der Waals surface area (Å²) in [5.41, 5.74) is 0. The van der Waals surface area contributed by atoms with Gasteiger partial charge in [-0.2, -0.15) is 0 Å². The van der Waals surface area contributed by atoms with Crippen LogP contribution in [0.1, 0.15) is 12.8 Å². The van der Waals surface area contributed by atoms with Gasteiger partial charge in [-0.05, 0) is 19.4 Å². The highest BCUT2D eigenvalue weighted by Gasteiger charge is 2.25. The molecule has 1 aliphatic heterocycles. The van der Waals surface area contributed by atoms with Crippen LogP contribution in [0.15, 0.2) is 0 Å². The van der Waals surface area contributed by atoms with Crippen LogP contribution in [-0.2, 0) is 0 Å². The van der Waals surface area contributed by atoms with Gasteiger partial charge in [-0.15, -0.1) is 23.2 Å². The molecule has 1 fully saturated rings. The van der Waals surface area contributed by atoms with Crippen LogP contribution in [0, 0.1) is 0 Å². The van der Waals surface area contributed by atoms with Crippen LogP contribution in [0.4, 0.5) is 0 Å². The van der Waals surface area contributed by atoms with Gasteiger partial charge in [0.1, 0.15) is 4.33 Å². The van der Waals surface area contributed by atoms with E-state index in [2.05, 4.69) is 5.32 Å². The standard InChI is InChI=1S/C5H9Cl2N/c6-5(7)2-1-3-8-4-5/h8H,1-4H2. The Kier molecular flexibility index (Phi) is 2.02. The zero-order valence-corrected chi connectivity index (χ0v) is 6.10. The number of rotatable bonds is 0. The van der Waals surface area contributed by atoms with Gasteiger partial charge in [0.2, 0.25) is 0 Å². The fourth-order valence-electron chi connectivity index (χ4n) is 0.832. The van der Waals surface area contributed by atoms with Crippen LogP contribution in [0.3, 0.4) is 0 Å². The third-order valence-electron chi connectivity index (χ3n) is 1.28. The van der Waals surface area contributed by atoms with E-state index < -0.39 is 4.33 Å². The molecule has 3 heteroatoms. The minimum absolute atomic E-state index is 0.488. The van der Waals surface area contributed by atoms with Crippen LogP contribution in [-0.4, -0.2) is 17.4 Å². The lowest BCUT2D eigenvalue weighted by atomic mass is 10.2. The fourth-order valence-corrected chi connectivity index (χ4v) is 1.29. The molecule has 1 aliphatic rings. The summed E-state index contributed by atoms with van der Waals surface area (Å²) >= 11 is 11.5. The highest BCUT2D eigenvalue weighted by molar-refractivity contribution is 6.48. The van der Waals surface area contributed by atoms with E-state index in [9.17, 15) is 0 Å². The summed E-state index contributed by atoms with van der Waals surface area (Å²) in [4.78, 5) is 0. The Morgan fingerprint density at radius 1 is 1.38 bits per heavy atom. The molecule has 8 heavy (non-hydrogen) atoms. The second kappa shape index (κ2) is 2.42. The normalized spacial score (nSPS) is 27.8. The number of alkyl halides is 2. The summed E-state index contributed by atoms with van der Waals surface area (Å²) in [6.07, 6.45) is 2.01. The Bertz CT molecular complexity index is 74.5. The zero-order chi connectivity index (χ0) is 6.04. The van der Waals surface area contributed by atoms with Gasteiger partial charge in [-0.25, -0.2) is 0 Å². The van der Waals surface area contributed by atoms with Gasteiger partial charge in [0.25, 0.3) is 0 Å². The summed E-state index contributed by atoms with van der Waals surface area (Å²) in [5.74, 6) is 0. The second-order valence-corrected chi connectivity index (χ2v) is 3.78. The van der Waals surface area contributed by atoms with Gasteiger partial charge >= 0.3 is 0 Å². The van der Waals surface area contributed by atoms with Crippen molar-refractivity contribution in [1.82, 2.24) is 5.32 Å². The van der Waals surface area contributed by atoms with Crippen molar-refractivity contribution in [3.8, 4) is 0 Å². The van der Waals surface area contributed by atoms with Gasteiger partial charge in [0.15, 0.2) is 0 Å². The topological polar surface area (TPSA) is 12.0 Å². The molecular formula is C5H9Cl2N. The van der Waals surface area contributed by atoms with E-state index in [0.29, 0.717) is 0 Å². The van der Waals surface area contributed by atoms with Gasteiger partial charge in [0, 0.05) is 6.54 Å². The summed E-state index contributed by atoms with van der Waals surface area (Å²) < 4.78 is -0.488. The predicted octanol–water partition coefficient (Wildman–Crippen LogP) is 1.54. The number of nitrogens with one attached hydrogen (secondary N) is 1. The lowest BCUT2D eigenvalue weighted by molar-refractivity contribution is 0.495.